The average molecular weight is 356 g/mol. The summed E-state index contributed by atoms with van der Waals surface area (Å²) in [5.41, 5.74) is 6.99. The van der Waals surface area contributed by atoms with E-state index in [1.807, 2.05) is 13.8 Å². The summed E-state index contributed by atoms with van der Waals surface area (Å²) in [4.78, 5) is 7.54. The van der Waals surface area contributed by atoms with Crippen LogP contribution in [-0.4, -0.2) is 25.8 Å². The molecule has 0 aromatic carbocycles. The van der Waals surface area contributed by atoms with Gasteiger partial charge < -0.3 is 11.1 Å². The number of hydrogen-bond donors (Lipinski definition) is 2. The van der Waals surface area contributed by atoms with E-state index in [4.69, 9.17) is 5.73 Å². The normalized spacial score (nSPS) is 13.1. The molecule has 0 saturated carbocycles. The lowest BCUT2D eigenvalue weighted by Crippen LogP contribution is -2.21. The fourth-order valence-electron chi connectivity index (χ4n) is 2.71. The molecule has 2 heterocycles. The summed E-state index contributed by atoms with van der Waals surface area (Å²) in [6.07, 6.45) is -1.50. The number of aromatic nitrogens is 4. The van der Waals surface area contributed by atoms with E-state index in [1.54, 1.807) is 18.7 Å². The second-order valence-electron chi connectivity index (χ2n) is 6.19. The van der Waals surface area contributed by atoms with Crippen LogP contribution >= 0.6 is 0 Å². The summed E-state index contributed by atoms with van der Waals surface area (Å²) in [6, 6.07) is -0.173. The smallest absolute Gasteiger partial charge is 0.384 e. The van der Waals surface area contributed by atoms with Gasteiger partial charge >= 0.3 is 6.18 Å². The largest absolute Gasteiger partial charge is 0.421 e. The molecule has 0 unspecified atom stereocenters. The maximum Gasteiger partial charge on any atom is 0.421 e. The Balaban J connectivity index is 1.99. The summed E-state index contributed by atoms with van der Waals surface area (Å²) in [5, 5.41) is 7.11. The fraction of sp³-hybridized carbons (Fsp3) is 0.562. The summed E-state index contributed by atoms with van der Waals surface area (Å²) in [7, 11) is 1.78. The van der Waals surface area contributed by atoms with Gasteiger partial charge in [0.2, 0.25) is 0 Å². The molecule has 138 valence electrons. The van der Waals surface area contributed by atoms with Crippen molar-refractivity contribution in [3.8, 4) is 0 Å². The highest BCUT2D eigenvalue weighted by molar-refractivity contribution is 5.45. The third-order valence-corrected chi connectivity index (χ3v) is 4.06. The van der Waals surface area contributed by atoms with E-state index < -0.39 is 11.7 Å². The standard InChI is InChI=1S/C16H23F3N6/c1-9(6-5-7-12-10(2)24-25(4)14(12)20)22-15-13(16(17,18)19)8-21-11(3)23-15/h8-9H,5-7,20H2,1-4H3,(H,21,22,23)/t9-/m0/s1. The van der Waals surface area contributed by atoms with Crippen LogP contribution in [0.25, 0.3) is 0 Å². The monoisotopic (exact) mass is 356 g/mol. The molecule has 2 aromatic rings. The molecular weight excluding hydrogens is 333 g/mol. The van der Waals surface area contributed by atoms with Gasteiger partial charge in [0.05, 0.1) is 5.69 Å². The van der Waals surface area contributed by atoms with Crippen molar-refractivity contribution in [3.63, 3.8) is 0 Å². The molecule has 0 amide bonds. The van der Waals surface area contributed by atoms with Crippen molar-refractivity contribution in [1.82, 2.24) is 19.7 Å². The van der Waals surface area contributed by atoms with Crippen LogP contribution in [0.3, 0.4) is 0 Å². The number of alkyl halides is 3. The number of anilines is 2. The van der Waals surface area contributed by atoms with Crippen molar-refractivity contribution < 1.29 is 13.2 Å². The predicted molar refractivity (Wildman–Crippen MR) is 90.2 cm³/mol. The Hall–Kier alpha value is -2.32. The highest BCUT2D eigenvalue weighted by Gasteiger charge is 2.35. The van der Waals surface area contributed by atoms with Gasteiger partial charge in [0.15, 0.2) is 0 Å². The molecule has 0 fully saturated rings. The third-order valence-electron chi connectivity index (χ3n) is 4.06. The second kappa shape index (κ2) is 7.28. The van der Waals surface area contributed by atoms with Crippen LogP contribution in [0.15, 0.2) is 6.20 Å². The Morgan fingerprint density at radius 3 is 2.56 bits per heavy atom. The quantitative estimate of drug-likeness (QED) is 0.830. The van der Waals surface area contributed by atoms with Gasteiger partial charge in [-0.25, -0.2) is 9.97 Å². The Morgan fingerprint density at radius 1 is 1.32 bits per heavy atom. The molecule has 0 saturated heterocycles. The average Bonchev–Trinajstić information content (AvgIpc) is 2.72. The zero-order valence-electron chi connectivity index (χ0n) is 14.8. The topological polar surface area (TPSA) is 81.7 Å². The lowest BCUT2D eigenvalue weighted by molar-refractivity contribution is -0.137. The number of hydrogen-bond acceptors (Lipinski definition) is 5. The van der Waals surface area contributed by atoms with Gasteiger partial charge in [-0.05, 0) is 40.0 Å². The predicted octanol–water partition coefficient (Wildman–Crippen LogP) is 3.25. The summed E-state index contributed by atoms with van der Waals surface area (Å²) in [5.74, 6) is 0.745. The maximum absolute atomic E-state index is 13.1. The summed E-state index contributed by atoms with van der Waals surface area (Å²) >= 11 is 0. The maximum atomic E-state index is 13.1. The zero-order valence-corrected chi connectivity index (χ0v) is 14.8. The molecule has 9 heteroatoms. The van der Waals surface area contributed by atoms with Crippen molar-refractivity contribution in [2.75, 3.05) is 11.1 Å². The highest BCUT2D eigenvalue weighted by Crippen LogP contribution is 2.33. The number of nitrogen functional groups attached to an aromatic ring is 1. The molecule has 0 spiro atoms. The van der Waals surface area contributed by atoms with Crippen molar-refractivity contribution in [1.29, 1.82) is 0 Å². The lowest BCUT2D eigenvalue weighted by atomic mass is 10.1. The van der Waals surface area contributed by atoms with Crippen LogP contribution in [0.5, 0.6) is 0 Å². The Labute approximate surface area is 144 Å². The Bertz CT molecular complexity index is 738. The van der Waals surface area contributed by atoms with Crippen LogP contribution < -0.4 is 11.1 Å². The van der Waals surface area contributed by atoms with E-state index in [0.29, 0.717) is 18.1 Å². The van der Waals surface area contributed by atoms with Gasteiger partial charge in [0.25, 0.3) is 0 Å². The number of nitrogens with zero attached hydrogens (tertiary/aromatic N) is 4. The van der Waals surface area contributed by atoms with Crippen LogP contribution in [0.1, 0.15) is 42.4 Å². The van der Waals surface area contributed by atoms with Crippen molar-refractivity contribution in [2.24, 2.45) is 7.05 Å². The first-order valence-corrected chi connectivity index (χ1v) is 8.05. The molecule has 0 aliphatic heterocycles. The molecule has 0 bridgehead atoms. The minimum absolute atomic E-state index is 0.173. The molecule has 1 atom stereocenters. The number of nitrogens with one attached hydrogen (secondary N) is 1. The van der Waals surface area contributed by atoms with Gasteiger partial charge in [-0.3, -0.25) is 4.68 Å². The Kier molecular flexibility index (Phi) is 5.54. The zero-order chi connectivity index (χ0) is 18.8. The molecule has 0 aliphatic carbocycles. The molecule has 25 heavy (non-hydrogen) atoms. The number of aryl methyl sites for hydroxylation is 3. The van der Waals surface area contributed by atoms with E-state index in [2.05, 4.69) is 20.4 Å². The molecule has 0 aliphatic rings. The minimum Gasteiger partial charge on any atom is -0.384 e. The first kappa shape index (κ1) is 19.0. The van der Waals surface area contributed by atoms with Crippen LogP contribution in [0.4, 0.5) is 24.8 Å². The molecule has 2 rings (SSSR count). The van der Waals surface area contributed by atoms with Gasteiger partial charge in [-0.1, -0.05) is 0 Å². The molecular formula is C16H23F3N6. The van der Waals surface area contributed by atoms with E-state index in [9.17, 15) is 13.2 Å². The Morgan fingerprint density at radius 2 is 2.00 bits per heavy atom. The SMILES string of the molecule is Cc1ncc(C(F)(F)F)c(N[C@@H](C)CCCc2c(C)nn(C)c2N)n1. The van der Waals surface area contributed by atoms with Crippen molar-refractivity contribution >= 4 is 11.6 Å². The molecule has 2 aromatic heterocycles. The van der Waals surface area contributed by atoms with E-state index in [-0.39, 0.29) is 11.9 Å². The molecule has 0 radical (unpaired) electrons. The summed E-state index contributed by atoms with van der Waals surface area (Å²) in [6.45, 7) is 5.29. The molecule has 6 nitrogen and oxygen atoms in total. The second-order valence-corrected chi connectivity index (χ2v) is 6.19. The van der Waals surface area contributed by atoms with Gasteiger partial charge in [0.1, 0.15) is 23.0 Å². The number of halogens is 3. The molecule has 3 N–H and O–H groups in total. The van der Waals surface area contributed by atoms with E-state index in [1.165, 1.54) is 0 Å². The van der Waals surface area contributed by atoms with E-state index >= 15 is 0 Å². The van der Waals surface area contributed by atoms with Crippen LogP contribution in [0.2, 0.25) is 0 Å². The van der Waals surface area contributed by atoms with Crippen molar-refractivity contribution in [2.45, 2.75) is 52.3 Å². The van der Waals surface area contributed by atoms with Gasteiger partial charge in [-0.15, -0.1) is 0 Å². The number of nitrogens with two attached hydrogens (primary N) is 1. The van der Waals surface area contributed by atoms with Gasteiger partial charge in [0, 0.05) is 24.8 Å². The first-order chi connectivity index (χ1) is 11.6. The van der Waals surface area contributed by atoms with Crippen LogP contribution in [0, 0.1) is 13.8 Å². The van der Waals surface area contributed by atoms with E-state index in [0.717, 1.165) is 30.3 Å². The minimum atomic E-state index is -4.49. The van der Waals surface area contributed by atoms with Crippen molar-refractivity contribution in [3.05, 3.63) is 28.8 Å². The van der Waals surface area contributed by atoms with Crippen LogP contribution in [-0.2, 0) is 19.6 Å². The lowest BCUT2D eigenvalue weighted by Gasteiger charge is -2.18. The first-order valence-electron chi connectivity index (χ1n) is 8.05. The number of rotatable bonds is 6. The highest BCUT2D eigenvalue weighted by atomic mass is 19.4. The fourth-order valence-corrected chi connectivity index (χ4v) is 2.71. The third kappa shape index (κ3) is 4.61. The van der Waals surface area contributed by atoms with Gasteiger partial charge in [-0.2, -0.15) is 18.3 Å². The summed E-state index contributed by atoms with van der Waals surface area (Å²) < 4.78 is 40.8.